The summed E-state index contributed by atoms with van der Waals surface area (Å²) < 4.78 is 5.18. The molecule has 4 heteroatoms. The molecule has 0 aliphatic heterocycles. The van der Waals surface area contributed by atoms with Crippen molar-refractivity contribution in [1.82, 2.24) is 10.3 Å². The van der Waals surface area contributed by atoms with Crippen LogP contribution in [0.3, 0.4) is 0 Å². The van der Waals surface area contributed by atoms with E-state index in [2.05, 4.69) is 10.3 Å². The average Bonchev–Trinajstić information content (AvgIpc) is 3.47. The van der Waals surface area contributed by atoms with Gasteiger partial charge in [0.05, 0.1) is 12.6 Å². The van der Waals surface area contributed by atoms with Gasteiger partial charge < -0.3 is 10.1 Å². The van der Waals surface area contributed by atoms with Crippen LogP contribution >= 0.6 is 0 Å². The minimum Gasteiger partial charge on any atom is -0.497 e. The summed E-state index contributed by atoms with van der Waals surface area (Å²) in [5.41, 5.74) is 3.20. The van der Waals surface area contributed by atoms with Gasteiger partial charge in [0.2, 0.25) is 5.91 Å². The number of para-hydroxylation sites is 1. The summed E-state index contributed by atoms with van der Waals surface area (Å²) in [6, 6.07) is 18.0. The van der Waals surface area contributed by atoms with Crippen molar-refractivity contribution in [2.24, 2.45) is 5.92 Å². The molecule has 4 nitrogen and oxygen atoms in total. The van der Waals surface area contributed by atoms with Crippen molar-refractivity contribution in [2.75, 3.05) is 7.11 Å². The highest BCUT2D eigenvalue weighted by Gasteiger charge is 2.43. The number of benzene rings is 2. The maximum absolute atomic E-state index is 12.5. The molecule has 0 bridgehead atoms. The number of nitrogens with zero attached hydrogens (tertiary/aromatic N) is 1. The number of pyridine rings is 1. The van der Waals surface area contributed by atoms with Crippen molar-refractivity contribution < 1.29 is 9.53 Å². The standard InChI is InChI=1S/C21H20N2O2/c1-25-17-9-7-14(8-10-17)18-12-19(18)21(24)23-13-16-5-2-4-15-6-3-11-22-20(15)16/h2-11,18-19H,12-13H2,1H3,(H,23,24)/t18-,19-/m0/s1. The van der Waals surface area contributed by atoms with Crippen LogP contribution in [0.25, 0.3) is 10.9 Å². The van der Waals surface area contributed by atoms with Crippen molar-refractivity contribution in [3.05, 3.63) is 71.9 Å². The number of hydrogen-bond donors (Lipinski definition) is 1. The molecule has 0 saturated heterocycles. The lowest BCUT2D eigenvalue weighted by molar-refractivity contribution is -0.122. The monoisotopic (exact) mass is 332 g/mol. The predicted octanol–water partition coefficient (Wildman–Crippen LogP) is 3.66. The Morgan fingerprint density at radius 3 is 2.76 bits per heavy atom. The normalized spacial score (nSPS) is 18.8. The number of nitrogens with one attached hydrogen (secondary N) is 1. The van der Waals surface area contributed by atoms with Crippen LogP contribution in [0.15, 0.2) is 60.8 Å². The van der Waals surface area contributed by atoms with E-state index in [4.69, 9.17) is 4.74 Å². The molecule has 1 N–H and O–H groups in total. The number of carbonyl (C=O) groups is 1. The second-order valence-corrected chi connectivity index (χ2v) is 6.43. The molecule has 126 valence electrons. The van der Waals surface area contributed by atoms with Gasteiger partial charge in [0.1, 0.15) is 5.75 Å². The number of rotatable bonds is 5. The zero-order valence-corrected chi connectivity index (χ0v) is 14.1. The van der Waals surface area contributed by atoms with E-state index in [9.17, 15) is 4.79 Å². The average molecular weight is 332 g/mol. The minimum absolute atomic E-state index is 0.0660. The SMILES string of the molecule is COc1ccc([C@@H]2C[C@@H]2C(=O)NCc2cccc3cccnc23)cc1. The van der Waals surface area contributed by atoms with Crippen molar-refractivity contribution in [2.45, 2.75) is 18.9 Å². The molecule has 1 fully saturated rings. The molecule has 2 aromatic carbocycles. The number of methoxy groups -OCH3 is 1. The van der Waals surface area contributed by atoms with Crippen molar-refractivity contribution in [3.8, 4) is 5.75 Å². The van der Waals surface area contributed by atoms with Gasteiger partial charge in [-0.1, -0.05) is 36.4 Å². The lowest BCUT2D eigenvalue weighted by Gasteiger charge is -2.08. The Kier molecular flexibility index (Phi) is 4.10. The van der Waals surface area contributed by atoms with Gasteiger partial charge in [-0.3, -0.25) is 9.78 Å². The number of hydrogen-bond acceptors (Lipinski definition) is 3. The van der Waals surface area contributed by atoms with Crippen LogP contribution in [0.4, 0.5) is 0 Å². The predicted molar refractivity (Wildman–Crippen MR) is 97.4 cm³/mol. The third kappa shape index (κ3) is 3.20. The first kappa shape index (κ1) is 15.6. The summed E-state index contributed by atoms with van der Waals surface area (Å²) >= 11 is 0. The third-order valence-corrected chi connectivity index (χ3v) is 4.84. The smallest absolute Gasteiger partial charge is 0.224 e. The molecule has 0 radical (unpaired) electrons. The van der Waals surface area contributed by atoms with Crippen LogP contribution in [0.5, 0.6) is 5.75 Å². The van der Waals surface area contributed by atoms with E-state index in [1.165, 1.54) is 5.56 Å². The summed E-state index contributed by atoms with van der Waals surface area (Å²) in [5.74, 6) is 1.34. The topological polar surface area (TPSA) is 51.2 Å². The lowest BCUT2D eigenvalue weighted by atomic mass is 10.1. The van der Waals surface area contributed by atoms with Gasteiger partial charge in [-0.05, 0) is 41.7 Å². The Labute approximate surface area is 146 Å². The first-order valence-corrected chi connectivity index (χ1v) is 8.50. The van der Waals surface area contributed by atoms with Crippen molar-refractivity contribution in [3.63, 3.8) is 0 Å². The highest BCUT2D eigenvalue weighted by molar-refractivity contribution is 5.85. The zero-order valence-electron chi connectivity index (χ0n) is 14.1. The Morgan fingerprint density at radius 1 is 1.16 bits per heavy atom. The fourth-order valence-electron chi connectivity index (χ4n) is 3.33. The van der Waals surface area contributed by atoms with E-state index in [0.717, 1.165) is 28.6 Å². The highest BCUT2D eigenvalue weighted by atomic mass is 16.5. The Balaban J connectivity index is 1.39. The largest absolute Gasteiger partial charge is 0.497 e. The molecular formula is C21H20N2O2. The highest BCUT2D eigenvalue weighted by Crippen LogP contribution is 2.47. The Hall–Kier alpha value is -2.88. The molecule has 1 heterocycles. The maximum Gasteiger partial charge on any atom is 0.224 e. The van der Waals surface area contributed by atoms with Crippen molar-refractivity contribution >= 4 is 16.8 Å². The van der Waals surface area contributed by atoms with Crippen LogP contribution in [0.1, 0.15) is 23.5 Å². The van der Waals surface area contributed by atoms with Gasteiger partial charge in [-0.2, -0.15) is 0 Å². The molecule has 4 rings (SSSR count). The number of aromatic nitrogens is 1. The van der Waals surface area contributed by atoms with Gasteiger partial charge in [0.15, 0.2) is 0 Å². The number of amides is 1. The van der Waals surface area contributed by atoms with Crippen LogP contribution in [0, 0.1) is 5.92 Å². The number of ether oxygens (including phenoxy) is 1. The summed E-state index contributed by atoms with van der Waals surface area (Å²) in [6.07, 6.45) is 2.69. The summed E-state index contributed by atoms with van der Waals surface area (Å²) in [7, 11) is 1.66. The van der Waals surface area contributed by atoms with E-state index in [1.54, 1.807) is 13.3 Å². The summed E-state index contributed by atoms with van der Waals surface area (Å²) in [4.78, 5) is 16.9. The van der Waals surface area contributed by atoms with Gasteiger partial charge in [0, 0.05) is 24.0 Å². The summed E-state index contributed by atoms with van der Waals surface area (Å²) in [6.45, 7) is 0.513. The maximum atomic E-state index is 12.5. The number of carbonyl (C=O) groups excluding carboxylic acids is 1. The van der Waals surface area contributed by atoms with Gasteiger partial charge in [-0.15, -0.1) is 0 Å². The molecule has 1 saturated carbocycles. The first-order valence-electron chi connectivity index (χ1n) is 8.50. The quantitative estimate of drug-likeness (QED) is 0.776. The van der Waals surface area contributed by atoms with E-state index >= 15 is 0 Å². The van der Waals surface area contributed by atoms with E-state index < -0.39 is 0 Å². The van der Waals surface area contributed by atoms with Gasteiger partial charge in [0.25, 0.3) is 0 Å². The molecule has 25 heavy (non-hydrogen) atoms. The molecule has 1 aromatic heterocycles. The van der Waals surface area contributed by atoms with Gasteiger partial charge >= 0.3 is 0 Å². The zero-order chi connectivity index (χ0) is 17.2. The molecule has 1 aliphatic carbocycles. The molecule has 1 aliphatic rings. The molecule has 0 unspecified atom stereocenters. The van der Waals surface area contributed by atoms with Crippen LogP contribution in [0.2, 0.25) is 0 Å². The fourth-order valence-corrected chi connectivity index (χ4v) is 3.33. The minimum atomic E-state index is 0.0660. The van der Waals surface area contributed by atoms with E-state index in [0.29, 0.717) is 12.5 Å². The second kappa shape index (κ2) is 6.55. The molecular weight excluding hydrogens is 312 g/mol. The van der Waals surface area contributed by atoms with Crippen molar-refractivity contribution in [1.29, 1.82) is 0 Å². The molecule has 2 atom stereocenters. The fraction of sp³-hybridized carbons (Fsp3) is 0.238. The third-order valence-electron chi connectivity index (χ3n) is 4.84. The van der Waals surface area contributed by atoms with Crippen LogP contribution in [-0.4, -0.2) is 18.0 Å². The van der Waals surface area contributed by atoms with Gasteiger partial charge in [-0.25, -0.2) is 0 Å². The summed E-state index contributed by atoms with van der Waals surface area (Å²) in [5, 5.41) is 4.17. The molecule has 0 spiro atoms. The Bertz CT molecular complexity index is 900. The number of fused-ring (bicyclic) bond motifs is 1. The molecule has 3 aromatic rings. The van der Waals surface area contributed by atoms with Crippen LogP contribution in [-0.2, 0) is 11.3 Å². The van der Waals surface area contributed by atoms with E-state index in [1.807, 2.05) is 54.6 Å². The first-order chi connectivity index (χ1) is 12.3. The Morgan fingerprint density at radius 2 is 1.96 bits per heavy atom. The lowest BCUT2D eigenvalue weighted by Crippen LogP contribution is -2.25. The molecule has 1 amide bonds. The van der Waals surface area contributed by atoms with Crippen LogP contribution < -0.4 is 10.1 Å². The second-order valence-electron chi connectivity index (χ2n) is 6.43. The van der Waals surface area contributed by atoms with E-state index in [-0.39, 0.29) is 11.8 Å².